The number of fused-ring (bicyclic) bond motifs is 2. The van der Waals surface area contributed by atoms with Gasteiger partial charge in [0.1, 0.15) is 11.0 Å². The van der Waals surface area contributed by atoms with Gasteiger partial charge in [-0.3, -0.25) is 14.4 Å². The Kier molecular flexibility index (Phi) is 6.61. The summed E-state index contributed by atoms with van der Waals surface area (Å²) in [6.07, 6.45) is 5.04. The molecular formula is C26H32N4O4. The van der Waals surface area contributed by atoms with Gasteiger partial charge in [-0.15, -0.1) is 0 Å². The lowest BCUT2D eigenvalue weighted by atomic mass is 9.90. The van der Waals surface area contributed by atoms with Crippen LogP contribution in [-0.4, -0.2) is 43.1 Å². The summed E-state index contributed by atoms with van der Waals surface area (Å²) < 4.78 is 6.95. The number of aryl methyl sites for hydroxylation is 1. The first-order valence-electron chi connectivity index (χ1n) is 11.8. The van der Waals surface area contributed by atoms with E-state index in [2.05, 4.69) is 5.32 Å². The highest BCUT2D eigenvalue weighted by atomic mass is 16.3. The SMILES string of the molecule is CCN1C(=O)C(C)(C)C(=O)N(C)c2cc(CCCNCCn3ccc4occc4c3=O)ccc21. The van der Waals surface area contributed by atoms with E-state index in [9.17, 15) is 14.4 Å². The van der Waals surface area contributed by atoms with Crippen molar-refractivity contribution >= 4 is 34.2 Å². The Balaban J connectivity index is 1.35. The number of rotatable bonds is 8. The Hall–Kier alpha value is -3.39. The molecule has 8 nitrogen and oxygen atoms in total. The number of nitrogens with one attached hydrogen (secondary N) is 1. The van der Waals surface area contributed by atoms with Crippen molar-refractivity contribution in [1.82, 2.24) is 9.88 Å². The first-order chi connectivity index (χ1) is 16.3. The molecule has 4 rings (SSSR count). The minimum atomic E-state index is -1.10. The molecule has 3 heterocycles. The molecule has 2 aromatic heterocycles. The van der Waals surface area contributed by atoms with E-state index < -0.39 is 5.41 Å². The molecule has 1 aromatic carbocycles. The summed E-state index contributed by atoms with van der Waals surface area (Å²) in [6.45, 7) is 7.90. The number of hydrogen-bond donors (Lipinski definition) is 1. The molecule has 0 unspecified atom stereocenters. The van der Waals surface area contributed by atoms with Crippen LogP contribution in [0, 0.1) is 5.41 Å². The number of aromatic nitrogens is 1. The predicted molar refractivity (Wildman–Crippen MR) is 133 cm³/mol. The van der Waals surface area contributed by atoms with Crippen molar-refractivity contribution in [2.45, 2.75) is 40.2 Å². The fourth-order valence-corrected chi connectivity index (χ4v) is 4.53. The van der Waals surface area contributed by atoms with E-state index in [1.807, 2.05) is 31.2 Å². The fraction of sp³-hybridized carbons (Fsp3) is 0.423. The minimum Gasteiger partial charge on any atom is -0.464 e. The average Bonchev–Trinajstić information content (AvgIpc) is 3.30. The largest absolute Gasteiger partial charge is 0.464 e. The Labute approximate surface area is 199 Å². The summed E-state index contributed by atoms with van der Waals surface area (Å²) in [6, 6.07) is 9.51. The highest BCUT2D eigenvalue weighted by molar-refractivity contribution is 6.19. The van der Waals surface area contributed by atoms with Crippen molar-refractivity contribution in [3.05, 3.63) is 58.7 Å². The second-order valence-corrected chi connectivity index (χ2v) is 9.23. The van der Waals surface area contributed by atoms with Crippen molar-refractivity contribution < 1.29 is 14.0 Å². The normalized spacial score (nSPS) is 15.6. The third-order valence-corrected chi connectivity index (χ3v) is 6.57. The van der Waals surface area contributed by atoms with E-state index in [1.165, 1.54) is 6.26 Å². The second kappa shape index (κ2) is 9.46. The van der Waals surface area contributed by atoms with Crippen molar-refractivity contribution in [1.29, 1.82) is 0 Å². The van der Waals surface area contributed by atoms with Gasteiger partial charge in [0.15, 0.2) is 0 Å². The summed E-state index contributed by atoms with van der Waals surface area (Å²) in [7, 11) is 1.74. The maximum atomic E-state index is 13.0. The van der Waals surface area contributed by atoms with E-state index in [0.717, 1.165) is 36.3 Å². The van der Waals surface area contributed by atoms with Crippen molar-refractivity contribution in [3.8, 4) is 0 Å². The molecule has 0 atom stereocenters. The van der Waals surface area contributed by atoms with Crippen LogP contribution >= 0.6 is 0 Å². The highest BCUT2D eigenvalue weighted by Crippen LogP contribution is 2.38. The molecular weight excluding hydrogens is 432 g/mol. The summed E-state index contributed by atoms with van der Waals surface area (Å²) >= 11 is 0. The van der Waals surface area contributed by atoms with Crippen LogP contribution in [0.1, 0.15) is 32.8 Å². The Bertz CT molecular complexity index is 1270. The van der Waals surface area contributed by atoms with Gasteiger partial charge in [-0.1, -0.05) is 6.07 Å². The molecule has 0 radical (unpaired) electrons. The number of anilines is 2. The number of benzene rings is 1. The minimum absolute atomic E-state index is 0.0422. The van der Waals surface area contributed by atoms with Gasteiger partial charge in [-0.25, -0.2) is 0 Å². The summed E-state index contributed by atoms with van der Waals surface area (Å²) in [5.41, 5.74) is 2.13. The molecule has 0 saturated carbocycles. The van der Waals surface area contributed by atoms with Crippen LogP contribution in [0.4, 0.5) is 11.4 Å². The highest BCUT2D eigenvalue weighted by Gasteiger charge is 2.45. The monoisotopic (exact) mass is 464 g/mol. The van der Waals surface area contributed by atoms with E-state index >= 15 is 0 Å². The molecule has 1 aliphatic heterocycles. The van der Waals surface area contributed by atoms with Gasteiger partial charge < -0.3 is 24.1 Å². The van der Waals surface area contributed by atoms with Crippen LogP contribution in [0.2, 0.25) is 0 Å². The third kappa shape index (κ3) is 4.25. The molecule has 8 heteroatoms. The van der Waals surface area contributed by atoms with Crippen LogP contribution < -0.4 is 20.7 Å². The third-order valence-electron chi connectivity index (χ3n) is 6.57. The van der Waals surface area contributed by atoms with Crippen molar-refractivity contribution in [2.24, 2.45) is 5.41 Å². The van der Waals surface area contributed by atoms with Crippen molar-refractivity contribution in [3.63, 3.8) is 0 Å². The molecule has 34 heavy (non-hydrogen) atoms. The van der Waals surface area contributed by atoms with Gasteiger partial charge in [-0.2, -0.15) is 0 Å². The number of furan rings is 1. The smallest absolute Gasteiger partial charge is 0.261 e. The zero-order valence-corrected chi connectivity index (χ0v) is 20.3. The molecule has 1 N–H and O–H groups in total. The first-order valence-corrected chi connectivity index (χ1v) is 11.8. The quantitative estimate of drug-likeness (QED) is 0.409. The lowest BCUT2D eigenvalue weighted by Crippen LogP contribution is -2.47. The van der Waals surface area contributed by atoms with Gasteiger partial charge in [0.25, 0.3) is 5.56 Å². The molecule has 3 aromatic rings. The Morgan fingerprint density at radius 3 is 2.56 bits per heavy atom. The molecule has 0 spiro atoms. The number of pyridine rings is 1. The molecule has 0 saturated heterocycles. The molecule has 1 aliphatic rings. The van der Waals surface area contributed by atoms with Gasteiger partial charge in [0.05, 0.1) is 23.0 Å². The van der Waals surface area contributed by atoms with E-state index in [-0.39, 0.29) is 17.4 Å². The fourth-order valence-electron chi connectivity index (χ4n) is 4.53. The predicted octanol–water partition coefficient (Wildman–Crippen LogP) is 3.17. The lowest BCUT2D eigenvalue weighted by Gasteiger charge is -2.27. The topological polar surface area (TPSA) is 87.8 Å². The second-order valence-electron chi connectivity index (χ2n) is 9.23. The number of carbonyl (C=O) groups is 2. The number of amides is 2. The van der Waals surface area contributed by atoms with Crippen LogP contribution in [0.15, 0.2) is 52.0 Å². The van der Waals surface area contributed by atoms with Gasteiger partial charge >= 0.3 is 0 Å². The van der Waals surface area contributed by atoms with E-state index in [4.69, 9.17) is 4.42 Å². The lowest BCUT2D eigenvalue weighted by molar-refractivity contribution is -0.137. The van der Waals surface area contributed by atoms with Crippen LogP contribution in [0.25, 0.3) is 11.0 Å². The molecule has 0 fully saturated rings. The zero-order valence-electron chi connectivity index (χ0n) is 20.3. The van der Waals surface area contributed by atoms with E-state index in [1.54, 1.807) is 47.5 Å². The maximum absolute atomic E-state index is 13.0. The first kappa shape index (κ1) is 23.8. The number of hydrogen-bond acceptors (Lipinski definition) is 5. The zero-order chi connectivity index (χ0) is 24.5. The summed E-state index contributed by atoms with van der Waals surface area (Å²) in [4.78, 5) is 41.7. The van der Waals surface area contributed by atoms with Gasteiger partial charge in [0.2, 0.25) is 11.8 Å². The van der Waals surface area contributed by atoms with E-state index in [0.29, 0.717) is 30.6 Å². The van der Waals surface area contributed by atoms with Crippen LogP contribution in [-0.2, 0) is 22.6 Å². The molecule has 0 bridgehead atoms. The number of carbonyl (C=O) groups excluding carboxylic acids is 2. The standard InChI is InChI=1S/C26H32N4O4/c1-5-30-20-9-8-18(17-21(20)28(4)24(32)26(2,3)25(30)33)7-6-12-27-13-15-29-14-10-22-19(23(29)31)11-16-34-22/h8-11,14,16-17,27H,5-7,12-13,15H2,1-4H3. The summed E-state index contributed by atoms with van der Waals surface area (Å²) in [5, 5.41) is 3.99. The maximum Gasteiger partial charge on any atom is 0.261 e. The molecule has 180 valence electrons. The van der Waals surface area contributed by atoms with Crippen molar-refractivity contribution in [2.75, 3.05) is 36.5 Å². The van der Waals surface area contributed by atoms with Gasteiger partial charge in [0, 0.05) is 32.9 Å². The summed E-state index contributed by atoms with van der Waals surface area (Å²) in [5.74, 6) is -0.369. The molecule has 0 aliphatic carbocycles. The average molecular weight is 465 g/mol. The van der Waals surface area contributed by atoms with Crippen LogP contribution in [0.5, 0.6) is 0 Å². The molecule has 2 amide bonds. The van der Waals surface area contributed by atoms with Crippen LogP contribution in [0.3, 0.4) is 0 Å². The Morgan fingerprint density at radius 1 is 1.00 bits per heavy atom. The number of nitrogens with zero attached hydrogens (tertiary/aromatic N) is 3. The Morgan fingerprint density at radius 2 is 1.79 bits per heavy atom. The van der Waals surface area contributed by atoms with Gasteiger partial charge in [-0.05, 0) is 70.0 Å².